The van der Waals surface area contributed by atoms with E-state index in [0.29, 0.717) is 12.0 Å². The Morgan fingerprint density at radius 1 is 1.24 bits per heavy atom. The van der Waals surface area contributed by atoms with Crippen molar-refractivity contribution in [3.05, 3.63) is 59.0 Å². The molecule has 1 fully saturated rings. The van der Waals surface area contributed by atoms with E-state index in [9.17, 15) is 0 Å². The largest absolute Gasteiger partial charge is 0.464 e. The zero-order chi connectivity index (χ0) is 14.8. The van der Waals surface area contributed by atoms with Gasteiger partial charge in [0.05, 0.1) is 6.54 Å². The molecule has 1 N–H and O–H groups in total. The lowest BCUT2D eigenvalue weighted by atomic mass is 10.0. The van der Waals surface area contributed by atoms with Gasteiger partial charge in [-0.25, -0.2) is 0 Å². The number of aryl methyl sites for hydroxylation is 1. The van der Waals surface area contributed by atoms with Gasteiger partial charge < -0.3 is 9.73 Å². The summed E-state index contributed by atoms with van der Waals surface area (Å²) in [7, 11) is 0. The van der Waals surface area contributed by atoms with E-state index in [2.05, 4.69) is 62.5 Å². The van der Waals surface area contributed by atoms with Crippen LogP contribution in [0.4, 0.5) is 0 Å². The number of hydrogen-bond donors (Lipinski definition) is 1. The van der Waals surface area contributed by atoms with Crippen LogP contribution in [-0.2, 0) is 13.0 Å². The molecule has 3 rings (SSSR count). The number of benzene rings is 1. The Morgan fingerprint density at radius 2 is 2.00 bits per heavy atom. The number of hydrogen-bond acceptors (Lipinski definition) is 2. The normalized spacial score (nSPS) is 22.2. The Bertz CT molecular complexity index is 601. The smallest absolute Gasteiger partial charge is 0.117 e. The zero-order valence-corrected chi connectivity index (χ0v) is 13.2. The van der Waals surface area contributed by atoms with Crippen LogP contribution in [0.25, 0.3) is 0 Å². The fourth-order valence-corrected chi connectivity index (χ4v) is 2.92. The standard InChI is InChI=1S/C19H25NO/c1-13-6-4-5-7-16(13)11-15(3)20-12-17-8-9-19(21-17)18-10-14(18)2/h4-9,14-15,18,20H,10-12H2,1-3H3. The molecule has 2 aromatic rings. The lowest BCUT2D eigenvalue weighted by Crippen LogP contribution is -2.27. The summed E-state index contributed by atoms with van der Waals surface area (Å²) < 4.78 is 5.94. The first-order valence-corrected chi connectivity index (χ1v) is 8.00. The summed E-state index contributed by atoms with van der Waals surface area (Å²) in [5.41, 5.74) is 2.79. The van der Waals surface area contributed by atoms with Crippen molar-refractivity contribution in [1.29, 1.82) is 0 Å². The van der Waals surface area contributed by atoms with Crippen LogP contribution < -0.4 is 5.32 Å². The molecule has 0 amide bonds. The molecular weight excluding hydrogens is 258 g/mol. The van der Waals surface area contributed by atoms with Gasteiger partial charge in [-0.05, 0) is 55.9 Å². The molecule has 0 aliphatic heterocycles. The highest BCUT2D eigenvalue weighted by molar-refractivity contribution is 5.26. The molecule has 1 saturated carbocycles. The van der Waals surface area contributed by atoms with Crippen molar-refractivity contribution in [1.82, 2.24) is 5.32 Å². The molecule has 0 bridgehead atoms. The van der Waals surface area contributed by atoms with Gasteiger partial charge in [0, 0.05) is 12.0 Å². The first-order chi connectivity index (χ1) is 10.1. The number of rotatable bonds is 6. The molecule has 0 radical (unpaired) electrons. The molecular formula is C19H25NO. The first-order valence-electron chi connectivity index (χ1n) is 8.00. The average Bonchev–Trinajstić information content (AvgIpc) is 3.01. The van der Waals surface area contributed by atoms with Gasteiger partial charge in [-0.15, -0.1) is 0 Å². The van der Waals surface area contributed by atoms with Gasteiger partial charge in [0.15, 0.2) is 0 Å². The van der Waals surface area contributed by atoms with Crippen LogP contribution in [0, 0.1) is 12.8 Å². The van der Waals surface area contributed by atoms with Gasteiger partial charge in [-0.3, -0.25) is 0 Å². The highest BCUT2D eigenvalue weighted by atomic mass is 16.3. The summed E-state index contributed by atoms with van der Waals surface area (Å²) in [6.45, 7) is 7.51. The van der Waals surface area contributed by atoms with Crippen LogP contribution in [-0.4, -0.2) is 6.04 Å². The van der Waals surface area contributed by atoms with E-state index in [1.807, 2.05) is 0 Å². The van der Waals surface area contributed by atoms with Crippen LogP contribution in [0.2, 0.25) is 0 Å². The van der Waals surface area contributed by atoms with Gasteiger partial charge in [-0.1, -0.05) is 31.2 Å². The van der Waals surface area contributed by atoms with Crippen LogP contribution >= 0.6 is 0 Å². The maximum atomic E-state index is 5.94. The Kier molecular flexibility index (Phi) is 4.16. The number of nitrogens with one attached hydrogen (secondary N) is 1. The third-order valence-electron chi connectivity index (χ3n) is 4.57. The lowest BCUT2D eigenvalue weighted by Gasteiger charge is -2.14. The van der Waals surface area contributed by atoms with E-state index in [4.69, 9.17) is 4.42 Å². The summed E-state index contributed by atoms with van der Waals surface area (Å²) in [6.07, 6.45) is 2.34. The third-order valence-corrected chi connectivity index (χ3v) is 4.57. The Labute approximate surface area is 127 Å². The maximum absolute atomic E-state index is 5.94. The monoisotopic (exact) mass is 283 g/mol. The molecule has 2 nitrogen and oxygen atoms in total. The van der Waals surface area contributed by atoms with Gasteiger partial charge in [-0.2, -0.15) is 0 Å². The van der Waals surface area contributed by atoms with Crippen molar-refractivity contribution in [2.75, 3.05) is 0 Å². The van der Waals surface area contributed by atoms with E-state index in [1.165, 1.54) is 23.3 Å². The fraction of sp³-hybridized carbons (Fsp3) is 0.474. The molecule has 3 unspecified atom stereocenters. The Balaban J connectivity index is 1.50. The molecule has 1 aromatic heterocycles. The molecule has 2 heteroatoms. The highest BCUT2D eigenvalue weighted by Crippen LogP contribution is 2.47. The van der Waals surface area contributed by atoms with Crippen LogP contribution in [0.3, 0.4) is 0 Å². The van der Waals surface area contributed by atoms with Gasteiger partial charge in [0.1, 0.15) is 11.5 Å². The predicted octanol–water partition coefficient (Wildman–Crippen LogP) is 4.43. The second kappa shape index (κ2) is 6.07. The molecule has 1 aliphatic rings. The van der Waals surface area contributed by atoms with Crippen molar-refractivity contribution in [3.63, 3.8) is 0 Å². The summed E-state index contributed by atoms with van der Waals surface area (Å²) in [4.78, 5) is 0. The summed E-state index contributed by atoms with van der Waals surface area (Å²) in [5, 5.41) is 3.56. The minimum absolute atomic E-state index is 0.444. The second-order valence-electron chi connectivity index (χ2n) is 6.54. The van der Waals surface area contributed by atoms with E-state index >= 15 is 0 Å². The van der Waals surface area contributed by atoms with Crippen LogP contribution in [0.5, 0.6) is 0 Å². The van der Waals surface area contributed by atoms with E-state index < -0.39 is 0 Å². The van der Waals surface area contributed by atoms with Crippen molar-refractivity contribution in [2.24, 2.45) is 5.92 Å². The molecule has 0 saturated heterocycles. The van der Waals surface area contributed by atoms with Crippen LogP contribution in [0.15, 0.2) is 40.8 Å². The van der Waals surface area contributed by atoms with Crippen molar-refractivity contribution in [3.8, 4) is 0 Å². The second-order valence-corrected chi connectivity index (χ2v) is 6.54. The molecule has 21 heavy (non-hydrogen) atoms. The summed E-state index contributed by atoms with van der Waals surface area (Å²) >= 11 is 0. The zero-order valence-electron chi connectivity index (χ0n) is 13.2. The quantitative estimate of drug-likeness (QED) is 0.848. The van der Waals surface area contributed by atoms with Gasteiger partial charge >= 0.3 is 0 Å². The molecule has 0 spiro atoms. The first kappa shape index (κ1) is 14.4. The predicted molar refractivity (Wildman–Crippen MR) is 86.4 cm³/mol. The molecule has 1 aliphatic carbocycles. The fourth-order valence-electron chi connectivity index (χ4n) is 2.92. The SMILES string of the molecule is Cc1ccccc1CC(C)NCc1ccc(C2CC2C)o1. The van der Waals surface area contributed by atoms with Gasteiger partial charge in [0.25, 0.3) is 0 Å². The minimum atomic E-state index is 0.444. The summed E-state index contributed by atoms with van der Waals surface area (Å²) in [5.74, 6) is 3.70. The Hall–Kier alpha value is -1.54. The van der Waals surface area contributed by atoms with Crippen molar-refractivity contribution >= 4 is 0 Å². The van der Waals surface area contributed by atoms with E-state index in [-0.39, 0.29) is 0 Å². The minimum Gasteiger partial charge on any atom is -0.464 e. The van der Waals surface area contributed by atoms with Gasteiger partial charge in [0.2, 0.25) is 0 Å². The maximum Gasteiger partial charge on any atom is 0.117 e. The molecule has 112 valence electrons. The van der Waals surface area contributed by atoms with Crippen LogP contribution in [0.1, 0.15) is 48.8 Å². The lowest BCUT2D eigenvalue weighted by molar-refractivity contribution is 0.426. The van der Waals surface area contributed by atoms with Crippen molar-refractivity contribution in [2.45, 2.75) is 52.1 Å². The summed E-state index contributed by atoms with van der Waals surface area (Å²) in [6, 6.07) is 13.3. The topological polar surface area (TPSA) is 25.2 Å². The molecule has 3 atom stereocenters. The Morgan fingerprint density at radius 3 is 2.71 bits per heavy atom. The van der Waals surface area contributed by atoms with Crippen molar-refractivity contribution < 1.29 is 4.42 Å². The van der Waals surface area contributed by atoms with E-state index in [1.54, 1.807) is 0 Å². The molecule has 1 aromatic carbocycles. The average molecular weight is 283 g/mol. The van der Waals surface area contributed by atoms with E-state index in [0.717, 1.165) is 24.6 Å². The third kappa shape index (κ3) is 3.56. The highest BCUT2D eigenvalue weighted by Gasteiger charge is 2.36. The molecule has 1 heterocycles. The number of furan rings is 1.